The molecule has 0 fully saturated rings. The summed E-state index contributed by atoms with van der Waals surface area (Å²) in [4.78, 5) is 15.5. The maximum Gasteiger partial charge on any atom is 0.340 e. The van der Waals surface area contributed by atoms with Gasteiger partial charge < -0.3 is 5.11 Å². The molecule has 2 rings (SSSR count). The van der Waals surface area contributed by atoms with E-state index in [1.807, 2.05) is 6.92 Å². The van der Waals surface area contributed by atoms with Gasteiger partial charge >= 0.3 is 5.97 Å². The molecule has 0 saturated carbocycles. The van der Waals surface area contributed by atoms with Crippen molar-refractivity contribution in [1.29, 1.82) is 0 Å². The summed E-state index contributed by atoms with van der Waals surface area (Å²) >= 11 is 2.57. The predicted molar refractivity (Wildman–Crippen MR) is 68.3 cm³/mol. The van der Waals surface area contributed by atoms with Gasteiger partial charge in [-0.05, 0) is 30.2 Å². The molecule has 2 aromatic heterocycles. The Kier molecular flexibility index (Phi) is 3.67. The van der Waals surface area contributed by atoms with E-state index in [-0.39, 0.29) is 5.56 Å². The van der Waals surface area contributed by atoms with Crippen molar-refractivity contribution in [1.82, 2.24) is 19.1 Å². The second kappa shape index (κ2) is 5.07. The first kappa shape index (κ1) is 13.0. The topological polar surface area (TPSA) is 80.9 Å². The third-order valence-corrected chi connectivity index (χ3v) is 4.28. The molecular formula is C10H12N4O2S2. The lowest BCUT2D eigenvalue weighted by molar-refractivity contribution is 0.0692. The summed E-state index contributed by atoms with van der Waals surface area (Å²) in [5.41, 5.74) is 0.739. The molecule has 0 radical (unpaired) electrons. The van der Waals surface area contributed by atoms with E-state index in [1.165, 1.54) is 23.3 Å². The number of aromatic nitrogens is 4. The quantitative estimate of drug-likeness (QED) is 0.924. The molecule has 0 aliphatic rings. The van der Waals surface area contributed by atoms with Crippen LogP contribution in [0.1, 0.15) is 28.8 Å². The molecule has 0 amide bonds. The van der Waals surface area contributed by atoms with Gasteiger partial charge in [0.15, 0.2) is 4.34 Å². The normalized spacial score (nSPS) is 10.8. The van der Waals surface area contributed by atoms with E-state index < -0.39 is 5.97 Å². The van der Waals surface area contributed by atoms with Gasteiger partial charge in [-0.1, -0.05) is 6.92 Å². The van der Waals surface area contributed by atoms with Crippen LogP contribution in [0.25, 0.3) is 0 Å². The highest BCUT2D eigenvalue weighted by molar-refractivity contribution is 8.01. The zero-order valence-electron chi connectivity index (χ0n) is 10.2. The SMILES string of the molecule is CCc1nsc(Sc2c(C(=O)O)c(C)nn2C)n1. The molecular weight excluding hydrogens is 272 g/mol. The van der Waals surface area contributed by atoms with Crippen molar-refractivity contribution >= 4 is 29.3 Å². The molecule has 0 spiro atoms. The van der Waals surface area contributed by atoms with Gasteiger partial charge in [-0.3, -0.25) is 4.68 Å². The van der Waals surface area contributed by atoms with Gasteiger partial charge in [-0.25, -0.2) is 9.78 Å². The Labute approximate surface area is 112 Å². The molecule has 0 saturated heterocycles. The van der Waals surface area contributed by atoms with Crippen molar-refractivity contribution in [3.05, 3.63) is 17.1 Å². The monoisotopic (exact) mass is 284 g/mol. The average molecular weight is 284 g/mol. The number of hydrogen-bond acceptors (Lipinski definition) is 6. The number of aryl methyl sites for hydroxylation is 3. The number of carboxylic acid groups (broad SMARTS) is 1. The summed E-state index contributed by atoms with van der Waals surface area (Å²) in [6, 6.07) is 0. The minimum Gasteiger partial charge on any atom is -0.478 e. The highest BCUT2D eigenvalue weighted by Gasteiger charge is 2.21. The molecule has 0 aliphatic carbocycles. The molecule has 2 heterocycles. The first-order valence-corrected chi connectivity index (χ1v) is 6.89. The van der Waals surface area contributed by atoms with Crippen molar-refractivity contribution in [2.24, 2.45) is 7.05 Å². The molecule has 18 heavy (non-hydrogen) atoms. The first-order valence-electron chi connectivity index (χ1n) is 5.30. The Hall–Kier alpha value is -1.41. The van der Waals surface area contributed by atoms with Crippen molar-refractivity contribution in [2.45, 2.75) is 29.6 Å². The van der Waals surface area contributed by atoms with Gasteiger partial charge in [0.05, 0.1) is 5.69 Å². The molecule has 0 atom stereocenters. The van der Waals surface area contributed by atoms with Crippen LogP contribution in [0.5, 0.6) is 0 Å². The van der Waals surface area contributed by atoms with Crippen molar-refractivity contribution in [2.75, 3.05) is 0 Å². The van der Waals surface area contributed by atoms with Crippen molar-refractivity contribution < 1.29 is 9.90 Å². The molecule has 96 valence electrons. The van der Waals surface area contributed by atoms with Crippen molar-refractivity contribution in [3.8, 4) is 0 Å². The van der Waals surface area contributed by atoms with Gasteiger partial charge in [0.1, 0.15) is 16.4 Å². The van der Waals surface area contributed by atoms with Gasteiger partial charge in [-0.2, -0.15) is 9.47 Å². The van der Waals surface area contributed by atoms with Crippen LogP contribution in [-0.4, -0.2) is 30.2 Å². The van der Waals surface area contributed by atoms with Crippen molar-refractivity contribution in [3.63, 3.8) is 0 Å². The molecule has 8 heteroatoms. The molecule has 0 aliphatic heterocycles. The Bertz CT molecular complexity index is 591. The van der Waals surface area contributed by atoms with E-state index in [4.69, 9.17) is 0 Å². The maximum atomic E-state index is 11.2. The predicted octanol–water partition coefficient (Wildman–Crippen LogP) is 1.99. The van der Waals surface area contributed by atoms with Crippen LogP contribution in [0, 0.1) is 6.92 Å². The Morgan fingerprint density at radius 1 is 1.56 bits per heavy atom. The van der Waals surface area contributed by atoms with Crippen LogP contribution in [0.3, 0.4) is 0 Å². The lowest BCUT2D eigenvalue weighted by Gasteiger charge is -1.99. The third kappa shape index (κ3) is 2.39. The van der Waals surface area contributed by atoms with Gasteiger partial charge in [-0.15, -0.1) is 0 Å². The number of hydrogen-bond donors (Lipinski definition) is 1. The summed E-state index contributed by atoms with van der Waals surface area (Å²) in [6.07, 6.45) is 0.771. The smallest absolute Gasteiger partial charge is 0.340 e. The van der Waals surface area contributed by atoms with Gasteiger partial charge in [0.2, 0.25) is 0 Å². The summed E-state index contributed by atoms with van der Waals surface area (Å²) < 4.78 is 6.47. The Morgan fingerprint density at radius 3 is 2.83 bits per heavy atom. The second-order valence-corrected chi connectivity index (χ2v) is 5.61. The molecule has 1 N–H and O–H groups in total. The average Bonchev–Trinajstić information content (AvgIpc) is 2.85. The summed E-state index contributed by atoms with van der Waals surface area (Å²) in [6.45, 7) is 3.67. The first-order chi connectivity index (χ1) is 8.52. The summed E-state index contributed by atoms with van der Waals surface area (Å²) in [5.74, 6) is -0.193. The number of rotatable bonds is 4. The van der Waals surface area contributed by atoms with Crippen LogP contribution >= 0.6 is 23.3 Å². The van der Waals surface area contributed by atoms with E-state index in [9.17, 15) is 9.90 Å². The Balaban J connectivity index is 2.36. The molecule has 0 aromatic carbocycles. The fourth-order valence-corrected chi connectivity index (χ4v) is 3.33. The van der Waals surface area contributed by atoms with Crippen LogP contribution in [-0.2, 0) is 13.5 Å². The standard InChI is InChI=1S/C10H12N4O2S2/c1-4-6-11-10(18-13-6)17-8-7(9(15)16)5(2)12-14(8)3/h4H2,1-3H3,(H,15,16). The summed E-state index contributed by atoms with van der Waals surface area (Å²) in [7, 11) is 1.73. The minimum absolute atomic E-state index is 0.232. The fraction of sp³-hybridized carbons (Fsp3) is 0.400. The van der Waals surface area contributed by atoms with Crippen LogP contribution in [0.4, 0.5) is 0 Å². The maximum absolute atomic E-state index is 11.2. The number of aromatic carboxylic acids is 1. The van der Waals surface area contributed by atoms with E-state index in [2.05, 4.69) is 14.5 Å². The summed E-state index contributed by atoms with van der Waals surface area (Å²) in [5, 5.41) is 13.9. The van der Waals surface area contributed by atoms with Crippen LogP contribution < -0.4 is 0 Å². The zero-order valence-corrected chi connectivity index (χ0v) is 11.8. The molecule has 0 unspecified atom stereocenters. The van der Waals surface area contributed by atoms with Crippen LogP contribution in [0.15, 0.2) is 9.37 Å². The largest absolute Gasteiger partial charge is 0.478 e. The lowest BCUT2D eigenvalue weighted by atomic mass is 10.3. The number of carboxylic acids is 1. The molecule has 0 bridgehead atoms. The third-order valence-electron chi connectivity index (χ3n) is 2.33. The van der Waals surface area contributed by atoms with Gasteiger partial charge in [0.25, 0.3) is 0 Å². The minimum atomic E-state index is -0.969. The molecule has 2 aromatic rings. The van der Waals surface area contributed by atoms with E-state index in [1.54, 1.807) is 18.7 Å². The van der Waals surface area contributed by atoms with E-state index in [0.29, 0.717) is 10.7 Å². The van der Waals surface area contributed by atoms with Gasteiger partial charge in [0, 0.05) is 13.5 Å². The number of carbonyl (C=O) groups is 1. The molecule has 6 nitrogen and oxygen atoms in total. The highest BCUT2D eigenvalue weighted by atomic mass is 32.2. The fourth-order valence-electron chi connectivity index (χ4n) is 1.51. The number of nitrogens with zero attached hydrogens (tertiary/aromatic N) is 4. The highest BCUT2D eigenvalue weighted by Crippen LogP contribution is 2.32. The van der Waals surface area contributed by atoms with E-state index >= 15 is 0 Å². The van der Waals surface area contributed by atoms with Crippen LogP contribution in [0.2, 0.25) is 0 Å². The van der Waals surface area contributed by atoms with E-state index in [0.717, 1.165) is 16.6 Å². The zero-order chi connectivity index (χ0) is 13.3. The Morgan fingerprint density at radius 2 is 2.28 bits per heavy atom. The second-order valence-electron chi connectivity index (χ2n) is 3.63. The lowest BCUT2D eigenvalue weighted by Crippen LogP contribution is -2.00.